The third-order valence-corrected chi connectivity index (χ3v) is 4.59. The van der Waals surface area contributed by atoms with E-state index in [9.17, 15) is 9.59 Å². The van der Waals surface area contributed by atoms with Crippen molar-refractivity contribution in [1.29, 1.82) is 0 Å². The number of anilines is 1. The highest BCUT2D eigenvalue weighted by atomic mass is 16.2. The smallest absolute Gasteiger partial charge is 0.251 e. The minimum absolute atomic E-state index is 0.0584. The number of benzene rings is 1. The van der Waals surface area contributed by atoms with E-state index in [-0.39, 0.29) is 23.8 Å². The highest BCUT2D eigenvalue weighted by Gasteiger charge is 2.39. The molecule has 4 N–H and O–H groups in total. The summed E-state index contributed by atoms with van der Waals surface area (Å²) in [6, 6.07) is 7.04. The molecule has 2 amide bonds. The summed E-state index contributed by atoms with van der Waals surface area (Å²) in [5.41, 5.74) is 7.28. The van der Waals surface area contributed by atoms with Crippen LogP contribution in [-0.4, -0.2) is 24.4 Å². The van der Waals surface area contributed by atoms with Crippen LogP contribution >= 0.6 is 0 Å². The number of carbonyl (C=O) groups is 2. The SMILES string of the molecule is CC1CC1C(=O)Nc1ccc(C(=O)NCC(N)C2CC2)cc1. The van der Waals surface area contributed by atoms with Crippen LogP contribution in [0.15, 0.2) is 24.3 Å². The van der Waals surface area contributed by atoms with Crippen molar-refractivity contribution in [2.24, 2.45) is 23.5 Å². The minimum atomic E-state index is -0.121. The summed E-state index contributed by atoms with van der Waals surface area (Å²) >= 11 is 0. The number of hydrogen-bond acceptors (Lipinski definition) is 3. The molecule has 3 atom stereocenters. The zero-order valence-corrected chi connectivity index (χ0v) is 12.8. The highest BCUT2D eigenvalue weighted by molar-refractivity contribution is 5.96. The number of nitrogens with one attached hydrogen (secondary N) is 2. The van der Waals surface area contributed by atoms with Crippen LogP contribution in [-0.2, 0) is 4.79 Å². The van der Waals surface area contributed by atoms with E-state index in [1.54, 1.807) is 24.3 Å². The van der Waals surface area contributed by atoms with Crippen LogP contribution in [0.5, 0.6) is 0 Å². The molecule has 0 heterocycles. The van der Waals surface area contributed by atoms with E-state index < -0.39 is 0 Å². The van der Waals surface area contributed by atoms with Crippen LogP contribution in [0.2, 0.25) is 0 Å². The third-order valence-electron chi connectivity index (χ3n) is 4.59. The van der Waals surface area contributed by atoms with Crippen molar-refractivity contribution in [1.82, 2.24) is 5.32 Å². The predicted octanol–water partition coefficient (Wildman–Crippen LogP) is 1.75. The average Bonchev–Trinajstić information content (AvgIpc) is 3.40. The lowest BCUT2D eigenvalue weighted by molar-refractivity contribution is -0.117. The molecule has 0 aliphatic heterocycles. The topological polar surface area (TPSA) is 84.2 Å². The zero-order chi connectivity index (χ0) is 15.7. The van der Waals surface area contributed by atoms with Crippen molar-refractivity contribution in [3.05, 3.63) is 29.8 Å². The lowest BCUT2D eigenvalue weighted by Gasteiger charge is -2.12. The second-order valence-electron chi connectivity index (χ2n) is 6.60. The molecule has 118 valence electrons. The van der Waals surface area contributed by atoms with E-state index in [1.165, 1.54) is 12.8 Å². The molecule has 5 nitrogen and oxygen atoms in total. The molecule has 2 fully saturated rings. The van der Waals surface area contributed by atoms with E-state index >= 15 is 0 Å². The molecule has 2 aliphatic carbocycles. The van der Waals surface area contributed by atoms with Crippen molar-refractivity contribution in [2.45, 2.75) is 32.2 Å². The Labute approximate surface area is 130 Å². The fraction of sp³-hybridized carbons (Fsp3) is 0.529. The molecule has 3 rings (SSSR count). The molecule has 3 unspecified atom stereocenters. The third kappa shape index (κ3) is 3.65. The van der Waals surface area contributed by atoms with Crippen LogP contribution in [0.3, 0.4) is 0 Å². The summed E-state index contributed by atoms with van der Waals surface area (Å²) in [4.78, 5) is 23.9. The molecule has 22 heavy (non-hydrogen) atoms. The fourth-order valence-electron chi connectivity index (χ4n) is 2.63. The van der Waals surface area contributed by atoms with Gasteiger partial charge in [-0.25, -0.2) is 0 Å². The molecule has 0 spiro atoms. The molecular weight excluding hydrogens is 278 g/mol. The first-order chi connectivity index (χ1) is 10.5. The Hall–Kier alpha value is -1.88. The molecule has 0 bridgehead atoms. The second-order valence-corrected chi connectivity index (χ2v) is 6.60. The monoisotopic (exact) mass is 301 g/mol. The standard InChI is InChI=1S/C17H23N3O2/c1-10-8-14(10)17(22)20-13-6-4-12(5-7-13)16(21)19-9-15(18)11-2-3-11/h4-7,10-11,14-15H,2-3,8-9,18H2,1H3,(H,19,21)(H,20,22). The maximum absolute atomic E-state index is 12.0. The molecule has 2 saturated carbocycles. The summed E-state index contributed by atoms with van der Waals surface area (Å²) in [5, 5.41) is 5.75. The van der Waals surface area contributed by atoms with Crippen LogP contribution in [0.25, 0.3) is 0 Å². The zero-order valence-electron chi connectivity index (χ0n) is 12.8. The van der Waals surface area contributed by atoms with Crippen molar-refractivity contribution < 1.29 is 9.59 Å². The quantitative estimate of drug-likeness (QED) is 0.748. The Bertz CT molecular complexity index is 566. The summed E-state index contributed by atoms with van der Waals surface area (Å²) in [5.74, 6) is 1.15. The van der Waals surface area contributed by atoms with Gasteiger partial charge in [0.25, 0.3) is 5.91 Å². The van der Waals surface area contributed by atoms with E-state index in [2.05, 4.69) is 17.6 Å². The molecule has 5 heteroatoms. The minimum Gasteiger partial charge on any atom is -0.350 e. The molecule has 0 radical (unpaired) electrons. The Morgan fingerprint density at radius 1 is 1.27 bits per heavy atom. The number of hydrogen-bond donors (Lipinski definition) is 3. The van der Waals surface area contributed by atoms with Crippen LogP contribution in [0, 0.1) is 17.8 Å². The number of nitrogens with two attached hydrogens (primary N) is 1. The van der Waals surface area contributed by atoms with E-state index in [0.717, 1.165) is 12.1 Å². The van der Waals surface area contributed by atoms with Gasteiger partial charge in [0.05, 0.1) is 0 Å². The van der Waals surface area contributed by atoms with Crippen LogP contribution < -0.4 is 16.4 Å². The summed E-state index contributed by atoms with van der Waals surface area (Å²) in [6.07, 6.45) is 3.31. The van der Waals surface area contributed by atoms with Gasteiger partial charge < -0.3 is 16.4 Å². The van der Waals surface area contributed by atoms with Gasteiger partial charge >= 0.3 is 0 Å². The van der Waals surface area contributed by atoms with Crippen molar-refractivity contribution in [2.75, 3.05) is 11.9 Å². The Morgan fingerprint density at radius 3 is 2.45 bits per heavy atom. The Balaban J connectivity index is 1.49. The first-order valence-corrected chi connectivity index (χ1v) is 7.99. The van der Waals surface area contributed by atoms with E-state index in [1.807, 2.05) is 0 Å². The number of amides is 2. The normalized spacial score (nSPS) is 24.5. The molecule has 1 aromatic carbocycles. The lowest BCUT2D eigenvalue weighted by atomic mass is 10.1. The summed E-state index contributed by atoms with van der Waals surface area (Å²) in [7, 11) is 0. The van der Waals surface area contributed by atoms with E-state index in [0.29, 0.717) is 23.9 Å². The fourth-order valence-corrected chi connectivity index (χ4v) is 2.63. The van der Waals surface area contributed by atoms with E-state index in [4.69, 9.17) is 5.73 Å². The maximum atomic E-state index is 12.0. The van der Waals surface area contributed by atoms with Gasteiger partial charge in [0.2, 0.25) is 5.91 Å². The molecule has 0 saturated heterocycles. The van der Waals surface area contributed by atoms with Gasteiger partial charge in [0.1, 0.15) is 0 Å². The second kappa shape index (κ2) is 6.08. The van der Waals surface area contributed by atoms with Gasteiger partial charge in [0.15, 0.2) is 0 Å². The van der Waals surface area contributed by atoms with Gasteiger partial charge in [-0.3, -0.25) is 9.59 Å². The number of rotatable bonds is 6. The van der Waals surface area contributed by atoms with Gasteiger partial charge in [-0.2, -0.15) is 0 Å². The first-order valence-electron chi connectivity index (χ1n) is 7.99. The maximum Gasteiger partial charge on any atom is 0.251 e. The van der Waals surface area contributed by atoms with Crippen LogP contribution in [0.4, 0.5) is 5.69 Å². The van der Waals surface area contributed by atoms with Gasteiger partial charge in [0, 0.05) is 29.8 Å². The molecule has 2 aliphatic rings. The number of carbonyl (C=O) groups excluding carboxylic acids is 2. The molecule has 0 aromatic heterocycles. The van der Waals surface area contributed by atoms with Gasteiger partial charge in [-0.1, -0.05) is 6.92 Å². The largest absolute Gasteiger partial charge is 0.350 e. The van der Waals surface area contributed by atoms with Gasteiger partial charge in [-0.05, 0) is 55.4 Å². The lowest BCUT2D eigenvalue weighted by Crippen LogP contribution is -2.38. The molecular formula is C17H23N3O2. The predicted molar refractivity (Wildman–Crippen MR) is 85.4 cm³/mol. The Kier molecular flexibility index (Phi) is 4.16. The highest BCUT2D eigenvalue weighted by Crippen LogP contribution is 2.38. The average molecular weight is 301 g/mol. The molecule has 1 aromatic rings. The summed E-state index contributed by atoms with van der Waals surface area (Å²) in [6.45, 7) is 2.59. The Morgan fingerprint density at radius 2 is 1.91 bits per heavy atom. The van der Waals surface area contributed by atoms with Crippen molar-refractivity contribution in [3.8, 4) is 0 Å². The van der Waals surface area contributed by atoms with Crippen molar-refractivity contribution in [3.63, 3.8) is 0 Å². The first kappa shape index (κ1) is 15.0. The van der Waals surface area contributed by atoms with Gasteiger partial charge in [-0.15, -0.1) is 0 Å². The summed E-state index contributed by atoms with van der Waals surface area (Å²) < 4.78 is 0. The van der Waals surface area contributed by atoms with Crippen molar-refractivity contribution >= 4 is 17.5 Å². The van der Waals surface area contributed by atoms with Crippen LogP contribution in [0.1, 0.15) is 36.5 Å².